The smallest absolute Gasteiger partial charge is 0.338 e. The largest absolute Gasteiger partial charge is 0.467 e. The number of rotatable bonds is 6. The van der Waals surface area contributed by atoms with E-state index in [2.05, 4.69) is 10.6 Å². The van der Waals surface area contributed by atoms with Gasteiger partial charge in [0.1, 0.15) is 5.76 Å². The van der Waals surface area contributed by atoms with Crippen molar-refractivity contribution < 1.29 is 23.5 Å². The Morgan fingerprint density at radius 3 is 2.64 bits per heavy atom. The topological polar surface area (TPSA) is 101 Å². The second kappa shape index (κ2) is 8.53. The minimum atomic E-state index is -0.728. The average molecular weight is 345 g/mol. The first kappa shape index (κ1) is 18.1. The van der Waals surface area contributed by atoms with Crippen molar-refractivity contribution in [3.63, 3.8) is 0 Å². The second-order valence-corrected chi connectivity index (χ2v) is 5.33. The van der Waals surface area contributed by atoms with E-state index in [0.29, 0.717) is 11.3 Å². The Hall–Kier alpha value is -3.29. The third-order valence-electron chi connectivity index (χ3n) is 3.19. The van der Waals surface area contributed by atoms with Crippen LogP contribution in [-0.2, 0) is 16.1 Å². The van der Waals surface area contributed by atoms with Gasteiger partial charge in [0, 0.05) is 19.8 Å². The first-order valence-electron chi connectivity index (χ1n) is 7.50. The first-order chi connectivity index (χ1) is 12.0. The molecule has 2 rings (SSSR count). The monoisotopic (exact) mass is 345 g/mol. The van der Waals surface area contributed by atoms with Crippen LogP contribution < -0.4 is 15.5 Å². The Morgan fingerprint density at radius 2 is 1.96 bits per heavy atom. The number of imide groups is 1. The number of esters is 1. The van der Waals surface area contributed by atoms with E-state index in [1.807, 2.05) is 25.1 Å². The molecule has 0 unspecified atom stereocenters. The lowest BCUT2D eigenvalue weighted by molar-refractivity contribution is -0.123. The summed E-state index contributed by atoms with van der Waals surface area (Å²) in [5, 5.41) is 4.51. The first-order valence-corrected chi connectivity index (χ1v) is 7.50. The molecule has 2 aromatic rings. The molecule has 8 heteroatoms. The van der Waals surface area contributed by atoms with Crippen molar-refractivity contribution in [3.05, 3.63) is 54.0 Å². The van der Waals surface area contributed by atoms with Gasteiger partial charge in [-0.3, -0.25) is 10.1 Å². The molecular weight excluding hydrogens is 326 g/mol. The highest BCUT2D eigenvalue weighted by atomic mass is 16.5. The fourth-order valence-electron chi connectivity index (χ4n) is 1.91. The molecule has 1 aromatic carbocycles. The number of amides is 3. The number of nitrogens with zero attached hydrogens (tertiary/aromatic N) is 1. The van der Waals surface area contributed by atoms with Crippen LogP contribution in [-0.4, -0.2) is 38.6 Å². The van der Waals surface area contributed by atoms with Gasteiger partial charge in [0.05, 0.1) is 18.4 Å². The molecule has 0 saturated heterocycles. The van der Waals surface area contributed by atoms with Gasteiger partial charge in [-0.2, -0.15) is 0 Å². The molecule has 25 heavy (non-hydrogen) atoms. The molecule has 0 fully saturated rings. The van der Waals surface area contributed by atoms with Crippen molar-refractivity contribution in [2.45, 2.75) is 6.54 Å². The summed E-state index contributed by atoms with van der Waals surface area (Å²) in [4.78, 5) is 37.0. The van der Waals surface area contributed by atoms with Crippen molar-refractivity contribution in [1.82, 2.24) is 10.6 Å². The van der Waals surface area contributed by atoms with Crippen LogP contribution in [0.1, 0.15) is 16.1 Å². The van der Waals surface area contributed by atoms with E-state index in [-0.39, 0.29) is 6.54 Å². The van der Waals surface area contributed by atoms with Crippen molar-refractivity contribution in [2.75, 3.05) is 25.6 Å². The molecule has 1 aromatic heterocycles. The van der Waals surface area contributed by atoms with E-state index in [0.717, 1.165) is 5.69 Å². The van der Waals surface area contributed by atoms with Crippen LogP contribution in [0.5, 0.6) is 0 Å². The van der Waals surface area contributed by atoms with Crippen molar-refractivity contribution in [3.8, 4) is 0 Å². The molecule has 0 bridgehead atoms. The Labute approximate surface area is 144 Å². The molecule has 1 heterocycles. The number of carbonyl (C=O) groups is 3. The van der Waals surface area contributed by atoms with Crippen molar-refractivity contribution >= 4 is 23.6 Å². The number of anilines is 1. The van der Waals surface area contributed by atoms with Gasteiger partial charge >= 0.3 is 12.0 Å². The van der Waals surface area contributed by atoms with Gasteiger partial charge in [0.15, 0.2) is 6.61 Å². The third-order valence-corrected chi connectivity index (χ3v) is 3.19. The molecule has 0 aliphatic carbocycles. The number of ether oxygens (including phenoxy) is 1. The van der Waals surface area contributed by atoms with Crippen LogP contribution >= 0.6 is 0 Å². The molecule has 132 valence electrons. The number of nitrogens with one attached hydrogen (secondary N) is 2. The van der Waals surface area contributed by atoms with Crippen molar-refractivity contribution in [1.29, 1.82) is 0 Å². The van der Waals surface area contributed by atoms with Crippen molar-refractivity contribution in [2.24, 2.45) is 0 Å². The minimum Gasteiger partial charge on any atom is -0.467 e. The summed E-state index contributed by atoms with van der Waals surface area (Å²) in [7, 11) is 3.69. The van der Waals surface area contributed by atoms with Gasteiger partial charge in [-0.15, -0.1) is 0 Å². The van der Waals surface area contributed by atoms with Gasteiger partial charge in [-0.25, -0.2) is 9.59 Å². The van der Waals surface area contributed by atoms with Gasteiger partial charge in [0.25, 0.3) is 5.91 Å². The summed E-state index contributed by atoms with van der Waals surface area (Å²) in [6, 6.07) is 9.46. The number of furan rings is 1. The number of benzene rings is 1. The predicted octanol–water partition coefficient (Wildman–Crippen LogP) is 1.53. The lowest BCUT2D eigenvalue weighted by Gasteiger charge is -2.13. The van der Waals surface area contributed by atoms with Crippen LogP contribution in [0.2, 0.25) is 0 Å². The molecule has 0 atom stereocenters. The van der Waals surface area contributed by atoms with Crippen LogP contribution in [0.3, 0.4) is 0 Å². The number of urea groups is 1. The fraction of sp³-hybridized carbons (Fsp3) is 0.235. The van der Waals surface area contributed by atoms with Gasteiger partial charge in [0.2, 0.25) is 0 Å². The van der Waals surface area contributed by atoms with E-state index in [1.165, 1.54) is 6.26 Å². The lowest BCUT2D eigenvalue weighted by atomic mass is 10.2. The summed E-state index contributed by atoms with van der Waals surface area (Å²) in [6.07, 6.45) is 1.48. The molecule has 0 aliphatic heterocycles. The fourth-order valence-corrected chi connectivity index (χ4v) is 1.91. The summed E-state index contributed by atoms with van der Waals surface area (Å²) in [5.41, 5.74) is 1.15. The lowest BCUT2D eigenvalue weighted by Crippen LogP contribution is -2.41. The van der Waals surface area contributed by atoms with Gasteiger partial charge in [-0.1, -0.05) is 6.07 Å². The Kier molecular flexibility index (Phi) is 6.16. The summed E-state index contributed by atoms with van der Waals surface area (Å²) in [5.74, 6) is -0.821. The standard InChI is InChI=1S/C17H19N3O5/c1-20(2)13-6-3-5-12(9-13)16(22)25-11-15(21)19-17(23)18-10-14-7-4-8-24-14/h3-9H,10-11H2,1-2H3,(H2,18,19,21,23). The quantitative estimate of drug-likeness (QED) is 0.770. The highest BCUT2D eigenvalue weighted by Gasteiger charge is 2.13. The van der Waals surface area contributed by atoms with E-state index < -0.39 is 24.5 Å². The van der Waals surface area contributed by atoms with Gasteiger partial charge in [-0.05, 0) is 30.3 Å². The minimum absolute atomic E-state index is 0.142. The molecule has 0 spiro atoms. The number of carbonyl (C=O) groups excluding carboxylic acids is 3. The van der Waals surface area contributed by atoms with E-state index in [4.69, 9.17) is 9.15 Å². The third kappa shape index (κ3) is 5.69. The normalized spacial score (nSPS) is 10.0. The Balaban J connectivity index is 1.76. The number of hydrogen-bond acceptors (Lipinski definition) is 6. The highest BCUT2D eigenvalue weighted by Crippen LogP contribution is 2.14. The number of hydrogen-bond donors (Lipinski definition) is 2. The zero-order chi connectivity index (χ0) is 18.2. The predicted molar refractivity (Wildman–Crippen MR) is 90.1 cm³/mol. The molecule has 3 amide bonds. The zero-order valence-electron chi connectivity index (χ0n) is 13.9. The summed E-state index contributed by atoms with van der Waals surface area (Å²) in [6.45, 7) is -0.414. The maximum atomic E-state index is 12.0. The molecule has 0 radical (unpaired) electrons. The molecular formula is C17H19N3O5. The van der Waals surface area contributed by atoms with E-state index >= 15 is 0 Å². The maximum Gasteiger partial charge on any atom is 0.338 e. The van der Waals surface area contributed by atoms with Crippen LogP contribution in [0.4, 0.5) is 10.5 Å². The van der Waals surface area contributed by atoms with E-state index in [9.17, 15) is 14.4 Å². The Bertz CT molecular complexity index is 741. The van der Waals surface area contributed by atoms with Gasteiger partial charge < -0.3 is 19.4 Å². The maximum absolute atomic E-state index is 12.0. The average Bonchev–Trinajstić information content (AvgIpc) is 3.11. The van der Waals surface area contributed by atoms with E-state index in [1.54, 1.807) is 30.3 Å². The van der Waals surface area contributed by atoms with Crippen LogP contribution in [0, 0.1) is 0 Å². The highest BCUT2D eigenvalue weighted by molar-refractivity contribution is 5.97. The SMILES string of the molecule is CN(C)c1cccc(C(=O)OCC(=O)NC(=O)NCc2ccco2)c1. The second-order valence-electron chi connectivity index (χ2n) is 5.33. The summed E-state index contributed by atoms with van der Waals surface area (Å²) >= 11 is 0. The zero-order valence-corrected chi connectivity index (χ0v) is 13.9. The molecule has 0 aliphatic rings. The molecule has 0 saturated carbocycles. The van der Waals surface area contributed by atoms with Crippen LogP contribution in [0.15, 0.2) is 47.1 Å². The Morgan fingerprint density at radius 1 is 1.16 bits per heavy atom. The molecule has 2 N–H and O–H groups in total. The summed E-state index contributed by atoms with van der Waals surface area (Å²) < 4.78 is 9.95. The molecule has 8 nitrogen and oxygen atoms in total. The van der Waals surface area contributed by atoms with Crippen LogP contribution in [0.25, 0.3) is 0 Å².